The molecule has 0 fully saturated rings. The highest BCUT2D eigenvalue weighted by atomic mass is 32.1. The first-order valence-corrected chi connectivity index (χ1v) is 8.83. The maximum Gasteiger partial charge on any atom is 0.357 e. The van der Waals surface area contributed by atoms with Crippen LogP contribution in [0.4, 0.5) is 5.13 Å². The summed E-state index contributed by atoms with van der Waals surface area (Å²) < 4.78 is 4.94. The summed E-state index contributed by atoms with van der Waals surface area (Å²) in [5, 5.41) is 2.11. The van der Waals surface area contributed by atoms with E-state index >= 15 is 0 Å². The second kappa shape index (κ2) is 7.09. The van der Waals surface area contributed by atoms with Gasteiger partial charge in [-0.25, -0.2) is 9.78 Å². The van der Waals surface area contributed by atoms with Crippen LogP contribution in [0.25, 0.3) is 0 Å². The molecule has 0 radical (unpaired) electrons. The van der Waals surface area contributed by atoms with Gasteiger partial charge in [-0.1, -0.05) is 6.07 Å². The summed E-state index contributed by atoms with van der Waals surface area (Å²) >= 11 is 1.26. The summed E-state index contributed by atoms with van der Waals surface area (Å²) in [5.41, 5.74) is 2.24. The number of ether oxygens (including phenoxy) is 1. The van der Waals surface area contributed by atoms with Gasteiger partial charge in [0.25, 0.3) is 0 Å². The highest BCUT2D eigenvalue weighted by Gasteiger charge is 2.31. The number of carbonyl (C=O) groups excluding carboxylic acids is 2. The van der Waals surface area contributed by atoms with Gasteiger partial charge in [-0.15, -0.1) is 11.3 Å². The molecule has 1 atom stereocenters. The number of aryl methyl sites for hydroxylation is 1. The Morgan fingerprint density at radius 2 is 2.29 bits per heavy atom. The molecular formula is C17H19N3O3S. The molecule has 7 heteroatoms. The van der Waals surface area contributed by atoms with Crippen molar-refractivity contribution in [2.45, 2.75) is 32.1 Å². The van der Waals surface area contributed by atoms with Crippen molar-refractivity contribution < 1.29 is 14.3 Å². The molecule has 0 spiro atoms. The maximum atomic E-state index is 12.9. The number of likely N-dealkylation sites (N-methyl/N-ethyl adjacent to an activating group) is 1. The first-order chi connectivity index (χ1) is 11.6. The van der Waals surface area contributed by atoms with Crippen molar-refractivity contribution in [3.8, 4) is 0 Å². The standard InChI is InChI=1S/C17H19N3O3S/c1-3-23-16(22)13-10-24-17(19-13)20(2)15(21)12-8-4-6-11-7-5-9-18-14(11)12/h5,7,9-10,12H,3-4,6,8H2,1-2H3/t12-/m1/s1. The number of rotatable bonds is 4. The zero-order valence-electron chi connectivity index (χ0n) is 13.7. The van der Waals surface area contributed by atoms with Crippen molar-refractivity contribution in [1.82, 2.24) is 9.97 Å². The van der Waals surface area contributed by atoms with Gasteiger partial charge < -0.3 is 4.74 Å². The largest absolute Gasteiger partial charge is 0.461 e. The summed E-state index contributed by atoms with van der Waals surface area (Å²) in [6, 6.07) is 3.94. The molecule has 3 rings (SSSR count). The number of aromatic nitrogens is 2. The quantitative estimate of drug-likeness (QED) is 0.797. The molecule has 0 saturated heterocycles. The van der Waals surface area contributed by atoms with Crippen molar-refractivity contribution in [3.63, 3.8) is 0 Å². The number of amides is 1. The van der Waals surface area contributed by atoms with Crippen molar-refractivity contribution in [2.75, 3.05) is 18.6 Å². The van der Waals surface area contributed by atoms with E-state index in [4.69, 9.17) is 4.74 Å². The Morgan fingerprint density at radius 3 is 3.08 bits per heavy atom. The number of anilines is 1. The smallest absolute Gasteiger partial charge is 0.357 e. The Hall–Kier alpha value is -2.28. The van der Waals surface area contributed by atoms with E-state index in [-0.39, 0.29) is 17.5 Å². The van der Waals surface area contributed by atoms with Gasteiger partial charge in [0.15, 0.2) is 10.8 Å². The number of carbonyl (C=O) groups is 2. The Labute approximate surface area is 144 Å². The Morgan fingerprint density at radius 1 is 1.46 bits per heavy atom. The van der Waals surface area contributed by atoms with Crippen molar-refractivity contribution in [1.29, 1.82) is 0 Å². The lowest BCUT2D eigenvalue weighted by Crippen LogP contribution is -2.34. The van der Waals surface area contributed by atoms with Gasteiger partial charge in [0, 0.05) is 18.6 Å². The molecule has 0 saturated carbocycles. The first-order valence-electron chi connectivity index (χ1n) is 7.95. The predicted octanol–water partition coefficient (Wildman–Crippen LogP) is 2.80. The summed E-state index contributed by atoms with van der Waals surface area (Å²) in [6.45, 7) is 2.04. The van der Waals surface area contributed by atoms with Crippen LogP contribution in [-0.4, -0.2) is 35.5 Å². The summed E-state index contributed by atoms with van der Waals surface area (Å²) in [7, 11) is 1.69. The predicted molar refractivity (Wildman–Crippen MR) is 91.4 cm³/mol. The topological polar surface area (TPSA) is 72.4 Å². The number of thiazole rings is 1. The molecule has 6 nitrogen and oxygen atoms in total. The van der Waals surface area contributed by atoms with Crippen LogP contribution in [0.2, 0.25) is 0 Å². The van der Waals surface area contributed by atoms with Gasteiger partial charge in [0.05, 0.1) is 18.2 Å². The van der Waals surface area contributed by atoms with Crippen LogP contribution in [-0.2, 0) is 16.0 Å². The maximum absolute atomic E-state index is 12.9. The van der Waals surface area contributed by atoms with E-state index in [1.54, 1.807) is 25.5 Å². The van der Waals surface area contributed by atoms with Crippen LogP contribution < -0.4 is 4.90 Å². The van der Waals surface area contributed by atoms with Gasteiger partial charge >= 0.3 is 5.97 Å². The van der Waals surface area contributed by atoms with E-state index in [0.717, 1.165) is 30.5 Å². The minimum Gasteiger partial charge on any atom is -0.461 e. The first kappa shape index (κ1) is 16.6. The zero-order chi connectivity index (χ0) is 17.1. The van der Waals surface area contributed by atoms with Crippen molar-refractivity contribution in [2.24, 2.45) is 0 Å². The van der Waals surface area contributed by atoms with E-state index in [1.165, 1.54) is 16.2 Å². The lowest BCUT2D eigenvalue weighted by atomic mass is 9.86. The number of hydrogen-bond acceptors (Lipinski definition) is 6. The van der Waals surface area contributed by atoms with E-state index in [1.807, 2.05) is 12.1 Å². The summed E-state index contributed by atoms with van der Waals surface area (Å²) in [4.78, 5) is 34.8. The van der Waals surface area contributed by atoms with Gasteiger partial charge in [-0.2, -0.15) is 0 Å². The van der Waals surface area contributed by atoms with E-state index in [2.05, 4.69) is 9.97 Å². The third kappa shape index (κ3) is 3.17. The summed E-state index contributed by atoms with van der Waals surface area (Å²) in [5.74, 6) is -0.764. The molecular weight excluding hydrogens is 326 g/mol. The average molecular weight is 345 g/mol. The fourth-order valence-corrected chi connectivity index (χ4v) is 3.66. The second-order valence-electron chi connectivity index (χ2n) is 5.63. The Kier molecular flexibility index (Phi) is 4.89. The Bertz CT molecular complexity index is 759. The SMILES string of the molecule is CCOC(=O)c1csc(N(C)C(=O)[C@@H]2CCCc3cccnc32)n1. The molecule has 0 aromatic carbocycles. The van der Waals surface area contributed by atoms with Crippen LogP contribution in [0.1, 0.15) is 47.4 Å². The molecule has 2 heterocycles. The lowest BCUT2D eigenvalue weighted by molar-refractivity contribution is -0.120. The normalized spacial score (nSPS) is 16.3. The number of esters is 1. The zero-order valence-corrected chi connectivity index (χ0v) is 14.5. The van der Waals surface area contributed by atoms with E-state index in [9.17, 15) is 9.59 Å². The molecule has 1 aliphatic rings. The van der Waals surface area contributed by atoms with Gasteiger partial charge in [0.2, 0.25) is 5.91 Å². The number of fused-ring (bicyclic) bond motifs is 1. The molecule has 2 aromatic rings. The highest BCUT2D eigenvalue weighted by Crippen LogP contribution is 2.32. The van der Waals surface area contributed by atoms with Gasteiger partial charge in [-0.3, -0.25) is 14.7 Å². The van der Waals surface area contributed by atoms with Crippen LogP contribution in [0.3, 0.4) is 0 Å². The van der Waals surface area contributed by atoms with Crippen molar-refractivity contribution >= 4 is 28.3 Å². The van der Waals surface area contributed by atoms with Crippen LogP contribution >= 0.6 is 11.3 Å². The molecule has 24 heavy (non-hydrogen) atoms. The fourth-order valence-electron chi connectivity index (χ4n) is 2.89. The molecule has 0 bridgehead atoms. The number of hydrogen-bond donors (Lipinski definition) is 0. The molecule has 0 N–H and O–H groups in total. The van der Waals surface area contributed by atoms with Crippen molar-refractivity contribution in [3.05, 3.63) is 40.7 Å². The molecule has 0 unspecified atom stereocenters. The second-order valence-corrected chi connectivity index (χ2v) is 6.46. The van der Waals surface area contributed by atoms with Crippen LogP contribution in [0.15, 0.2) is 23.7 Å². The molecule has 0 aliphatic heterocycles. The van der Waals surface area contributed by atoms with Crippen LogP contribution in [0.5, 0.6) is 0 Å². The molecule has 1 aliphatic carbocycles. The minimum atomic E-state index is -0.467. The molecule has 2 aromatic heterocycles. The van der Waals surface area contributed by atoms with Crippen LogP contribution in [0, 0.1) is 0 Å². The Balaban J connectivity index is 1.80. The molecule has 126 valence electrons. The highest BCUT2D eigenvalue weighted by molar-refractivity contribution is 7.14. The summed E-state index contributed by atoms with van der Waals surface area (Å²) in [6.07, 6.45) is 4.44. The average Bonchev–Trinajstić information content (AvgIpc) is 3.10. The third-order valence-corrected chi connectivity index (χ3v) is 5.00. The lowest BCUT2D eigenvalue weighted by Gasteiger charge is -2.26. The minimum absolute atomic E-state index is 0.0422. The number of pyridine rings is 1. The van der Waals surface area contributed by atoms with E-state index in [0.29, 0.717) is 11.7 Å². The van der Waals surface area contributed by atoms with Gasteiger partial charge in [0.1, 0.15) is 0 Å². The fraction of sp³-hybridized carbons (Fsp3) is 0.412. The monoisotopic (exact) mass is 345 g/mol. The third-order valence-electron chi connectivity index (χ3n) is 4.09. The van der Waals surface area contributed by atoms with Gasteiger partial charge in [-0.05, 0) is 37.8 Å². The number of nitrogens with zero attached hydrogens (tertiary/aromatic N) is 3. The molecule has 1 amide bonds. The van der Waals surface area contributed by atoms with E-state index < -0.39 is 5.97 Å².